The molecule has 2 atom stereocenters. The van der Waals surface area contributed by atoms with E-state index in [0.717, 1.165) is 19.5 Å². The van der Waals surface area contributed by atoms with E-state index in [1.807, 2.05) is 11.3 Å². The lowest BCUT2D eigenvalue weighted by Gasteiger charge is -2.30. The Kier molecular flexibility index (Phi) is 2.98. The van der Waals surface area contributed by atoms with Crippen LogP contribution < -0.4 is 10.6 Å². The van der Waals surface area contributed by atoms with Gasteiger partial charge in [-0.1, -0.05) is 6.07 Å². The van der Waals surface area contributed by atoms with Gasteiger partial charge >= 0.3 is 0 Å². The fourth-order valence-electron chi connectivity index (χ4n) is 1.77. The zero-order valence-corrected chi connectivity index (χ0v) is 8.73. The summed E-state index contributed by atoms with van der Waals surface area (Å²) in [6.45, 7) is 4.45. The molecule has 0 bridgehead atoms. The lowest BCUT2D eigenvalue weighted by Crippen LogP contribution is -2.55. The molecule has 2 heterocycles. The van der Waals surface area contributed by atoms with E-state index in [9.17, 15) is 0 Å². The van der Waals surface area contributed by atoms with Gasteiger partial charge in [-0.05, 0) is 24.8 Å². The van der Waals surface area contributed by atoms with Crippen LogP contribution in [0.25, 0.3) is 0 Å². The Bertz CT molecular complexity index is 245. The Labute approximate surface area is 83.4 Å². The molecule has 2 N–H and O–H groups in total. The second-order valence-corrected chi connectivity index (χ2v) is 4.62. The molecule has 0 aliphatic carbocycles. The predicted molar refractivity (Wildman–Crippen MR) is 57.3 cm³/mol. The summed E-state index contributed by atoms with van der Waals surface area (Å²) in [4.78, 5) is 1.48. The first-order chi connectivity index (χ1) is 6.36. The van der Waals surface area contributed by atoms with Crippen molar-refractivity contribution >= 4 is 11.3 Å². The van der Waals surface area contributed by atoms with Gasteiger partial charge in [0.25, 0.3) is 0 Å². The lowest BCUT2D eigenvalue weighted by molar-refractivity contribution is 0.338. The SMILES string of the molecule is CC1NCCNC1Cc1cccs1. The lowest BCUT2D eigenvalue weighted by atomic mass is 10.0. The molecule has 0 spiro atoms. The van der Waals surface area contributed by atoms with Gasteiger partial charge in [0.1, 0.15) is 0 Å². The summed E-state index contributed by atoms with van der Waals surface area (Å²) in [6.07, 6.45) is 1.16. The van der Waals surface area contributed by atoms with Gasteiger partial charge in [-0.25, -0.2) is 0 Å². The fraction of sp³-hybridized carbons (Fsp3) is 0.600. The molecule has 0 radical (unpaired) electrons. The van der Waals surface area contributed by atoms with Crippen LogP contribution >= 0.6 is 11.3 Å². The molecule has 2 unspecified atom stereocenters. The molecule has 0 saturated carbocycles. The zero-order chi connectivity index (χ0) is 9.10. The van der Waals surface area contributed by atoms with E-state index in [2.05, 4.69) is 35.1 Å². The number of hydrogen-bond acceptors (Lipinski definition) is 3. The van der Waals surface area contributed by atoms with Crippen molar-refractivity contribution in [3.63, 3.8) is 0 Å². The zero-order valence-electron chi connectivity index (χ0n) is 7.92. The largest absolute Gasteiger partial charge is 0.311 e. The highest BCUT2D eigenvalue weighted by atomic mass is 32.1. The average molecular weight is 196 g/mol. The molecule has 2 rings (SSSR count). The van der Waals surface area contributed by atoms with Gasteiger partial charge in [0.2, 0.25) is 0 Å². The molecular formula is C10H16N2S. The van der Waals surface area contributed by atoms with Crippen molar-refractivity contribution in [1.82, 2.24) is 10.6 Å². The van der Waals surface area contributed by atoms with Crippen molar-refractivity contribution in [1.29, 1.82) is 0 Å². The molecule has 1 aliphatic heterocycles. The number of rotatable bonds is 2. The third-order valence-electron chi connectivity index (χ3n) is 2.60. The van der Waals surface area contributed by atoms with Crippen LogP contribution in [-0.2, 0) is 6.42 Å². The van der Waals surface area contributed by atoms with Crippen molar-refractivity contribution in [3.8, 4) is 0 Å². The van der Waals surface area contributed by atoms with Crippen LogP contribution in [0.2, 0.25) is 0 Å². The first-order valence-corrected chi connectivity index (χ1v) is 5.73. The van der Waals surface area contributed by atoms with Crippen LogP contribution in [0, 0.1) is 0 Å². The second kappa shape index (κ2) is 4.22. The van der Waals surface area contributed by atoms with Gasteiger partial charge in [0, 0.05) is 30.1 Å². The first-order valence-electron chi connectivity index (χ1n) is 4.85. The smallest absolute Gasteiger partial charge is 0.0267 e. The fourth-order valence-corrected chi connectivity index (χ4v) is 2.54. The molecule has 1 aromatic rings. The molecule has 1 saturated heterocycles. The minimum Gasteiger partial charge on any atom is -0.311 e. The third kappa shape index (κ3) is 2.30. The summed E-state index contributed by atoms with van der Waals surface area (Å²) in [5.41, 5.74) is 0. The van der Waals surface area contributed by atoms with Crippen LogP contribution in [0.1, 0.15) is 11.8 Å². The van der Waals surface area contributed by atoms with E-state index in [1.165, 1.54) is 4.88 Å². The van der Waals surface area contributed by atoms with Crippen molar-refractivity contribution in [2.45, 2.75) is 25.4 Å². The molecule has 72 valence electrons. The van der Waals surface area contributed by atoms with Gasteiger partial charge in [-0.2, -0.15) is 0 Å². The van der Waals surface area contributed by atoms with E-state index in [0.29, 0.717) is 12.1 Å². The van der Waals surface area contributed by atoms with Crippen molar-refractivity contribution in [3.05, 3.63) is 22.4 Å². The number of thiophene rings is 1. The van der Waals surface area contributed by atoms with Crippen LogP contribution in [-0.4, -0.2) is 25.2 Å². The minimum atomic E-state index is 0.593. The van der Waals surface area contributed by atoms with E-state index in [4.69, 9.17) is 0 Å². The van der Waals surface area contributed by atoms with E-state index < -0.39 is 0 Å². The van der Waals surface area contributed by atoms with Crippen molar-refractivity contribution in [2.24, 2.45) is 0 Å². The maximum Gasteiger partial charge on any atom is 0.0267 e. The Morgan fingerprint density at radius 2 is 2.31 bits per heavy atom. The Morgan fingerprint density at radius 1 is 1.46 bits per heavy atom. The molecular weight excluding hydrogens is 180 g/mol. The monoisotopic (exact) mass is 196 g/mol. The highest BCUT2D eigenvalue weighted by Gasteiger charge is 2.20. The molecule has 1 aromatic heterocycles. The Hall–Kier alpha value is -0.380. The summed E-state index contributed by atoms with van der Waals surface area (Å²) in [5.74, 6) is 0. The maximum atomic E-state index is 3.55. The molecule has 2 nitrogen and oxygen atoms in total. The summed E-state index contributed by atoms with van der Waals surface area (Å²) < 4.78 is 0. The van der Waals surface area contributed by atoms with Crippen LogP contribution in [0.5, 0.6) is 0 Å². The topological polar surface area (TPSA) is 24.1 Å². The number of piperazine rings is 1. The molecule has 1 fully saturated rings. The summed E-state index contributed by atoms with van der Waals surface area (Å²) in [7, 11) is 0. The van der Waals surface area contributed by atoms with Gasteiger partial charge in [0.15, 0.2) is 0 Å². The van der Waals surface area contributed by atoms with Crippen LogP contribution in [0.15, 0.2) is 17.5 Å². The van der Waals surface area contributed by atoms with Crippen molar-refractivity contribution < 1.29 is 0 Å². The van der Waals surface area contributed by atoms with Gasteiger partial charge < -0.3 is 10.6 Å². The van der Waals surface area contributed by atoms with Crippen LogP contribution in [0.4, 0.5) is 0 Å². The van der Waals surface area contributed by atoms with E-state index in [-0.39, 0.29) is 0 Å². The number of hydrogen-bond donors (Lipinski definition) is 2. The molecule has 0 amide bonds. The summed E-state index contributed by atoms with van der Waals surface area (Å²) in [5, 5.41) is 9.19. The Morgan fingerprint density at radius 3 is 3.00 bits per heavy atom. The quantitative estimate of drug-likeness (QED) is 0.743. The predicted octanol–water partition coefficient (Wildman–Crippen LogP) is 1.24. The molecule has 0 aromatic carbocycles. The molecule has 1 aliphatic rings. The standard InChI is InChI=1S/C10H16N2S/c1-8-10(12-5-4-11-8)7-9-3-2-6-13-9/h2-3,6,8,10-12H,4-5,7H2,1H3. The van der Waals surface area contributed by atoms with Crippen molar-refractivity contribution in [2.75, 3.05) is 13.1 Å². The average Bonchev–Trinajstić information content (AvgIpc) is 2.61. The highest BCUT2D eigenvalue weighted by molar-refractivity contribution is 7.09. The maximum absolute atomic E-state index is 3.55. The second-order valence-electron chi connectivity index (χ2n) is 3.59. The highest BCUT2D eigenvalue weighted by Crippen LogP contribution is 2.13. The minimum absolute atomic E-state index is 0.593. The normalized spacial score (nSPS) is 29.0. The Balaban J connectivity index is 1.93. The summed E-state index contributed by atoms with van der Waals surface area (Å²) in [6, 6.07) is 5.54. The van der Waals surface area contributed by atoms with Gasteiger partial charge in [-0.15, -0.1) is 11.3 Å². The van der Waals surface area contributed by atoms with E-state index in [1.54, 1.807) is 0 Å². The van der Waals surface area contributed by atoms with Gasteiger partial charge in [0.05, 0.1) is 0 Å². The number of nitrogens with one attached hydrogen (secondary N) is 2. The third-order valence-corrected chi connectivity index (χ3v) is 3.50. The first kappa shape index (κ1) is 9.19. The summed E-state index contributed by atoms with van der Waals surface area (Å²) >= 11 is 1.85. The van der Waals surface area contributed by atoms with Gasteiger partial charge in [-0.3, -0.25) is 0 Å². The molecule has 3 heteroatoms. The van der Waals surface area contributed by atoms with E-state index >= 15 is 0 Å². The van der Waals surface area contributed by atoms with Crippen LogP contribution in [0.3, 0.4) is 0 Å². The molecule has 13 heavy (non-hydrogen) atoms.